The molecule has 0 saturated carbocycles. The van der Waals surface area contributed by atoms with E-state index in [0.717, 1.165) is 5.92 Å². The van der Waals surface area contributed by atoms with E-state index in [9.17, 15) is 0 Å². The van der Waals surface area contributed by atoms with Crippen LogP contribution in [0.3, 0.4) is 0 Å². The van der Waals surface area contributed by atoms with Gasteiger partial charge in [-0.1, -0.05) is 52.3 Å². The molecule has 0 aromatic heterocycles. The molecule has 0 heterocycles. The summed E-state index contributed by atoms with van der Waals surface area (Å²) in [5.41, 5.74) is 1.55. The van der Waals surface area contributed by atoms with E-state index >= 15 is 0 Å². The molecule has 15 heavy (non-hydrogen) atoms. The van der Waals surface area contributed by atoms with E-state index in [0.29, 0.717) is 0 Å². The third kappa shape index (κ3) is 9.51. The first-order valence-electron chi connectivity index (χ1n) is 5.71. The Morgan fingerprint density at radius 3 is 2.27 bits per heavy atom. The second-order valence-electron chi connectivity index (χ2n) is 3.37. The van der Waals surface area contributed by atoms with Crippen molar-refractivity contribution in [1.29, 1.82) is 0 Å². The van der Waals surface area contributed by atoms with Crippen LogP contribution in [0.1, 0.15) is 53.4 Å². The van der Waals surface area contributed by atoms with Gasteiger partial charge in [-0.2, -0.15) is 0 Å². The first kappa shape index (κ1) is 20.9. The van der Waals surface area contributed by atoms with E-state index in [2.05, 4.69) is 32.1 Å². The van der Waals surface area contributed by atoms with E-state index in [1.807, 2.05) is 13.8 Å². The van der Waals surface area contributed by atoms with Crippen LogP contribution in [0.2, 0.25) is 0 Å². The summed E-state index contributed by atoms with van der Waals surface area (Å²) in [5, 5.41) is 0. The van der Waals surface area contributed by atoms with Crippen molar-refractivity contribution in [2.75, 3.05) is 0 Å². The zero-order valence-electron chi connectivity index (χ0n) is 11.2. The molecule has 0 aromatic carbocycles. The quantitative estimate of drug-likeness (QED) is 0.627. The summed E-state index contributed by atoms with van der Waals surface area (Å²) in [6.45, 7) is 8.58. The van der Waals surface area contributed by atoms with Crippen molar-refractivity contribution in [1.82, 2.24) is 0 Å². The van der Waals surface area contributed by atoms with Crippen molar-refractivity contribution in [2.45, 2.75) is 53.4 Å². The summed E-state index contributed by atoms with van der Waals surface area (Å²) in [6.07, 6.45) is 12.1. The van der Waals surface area contributed by atoms with Gasteiger partial charge < -0.3 is 7.43 Å². The molecule has 0 spiro atoms. The summed E-state index contributed by atoms with van der Waals surface area (Å²) in [7, 11) is 0. The normalized spacial score (nSPS) is 14.8. The van der Waals surface area contributed by atoms with Gasteiger partial charge in [0.2, 0.25) is 0 Å². The maximum absolute atomic E-state index is 2.39. The first-order valence-corrected chi connectivity index (χ1v) is 5.71. The second-order valence-corrected chi connectivity index (χ2v) is 3.37. The molecule has 0 nitrogen and oxygen atoms in total. The van der Waals surface area contributed by atoms with E-state index in [4.69, 9.17) is 0 Å². The van der Waals surface area contributed by atoms with Crippen molar-refractivity contribution >= 4 is 0 Å². The second kappa shape index (κ2) is 14.6. The van der Waals surface area contributed by atoms with Crippen molar-refractivity contribution in [2.24, 2.45) is 5.92 Å². The van der Waals surface area contributed by atoms with Gasteiger partial charge in [0.1, 0.15) is 0 Å². The Bertz CT molecular complexity index is 168. The van der Waals surface area contributed by atoms with E-state index in [1.165, 1.54) is 25.7 Å². The van der Waals surface area contributed by atoms with Gasteiger partial charge in [-0.25, -0.2) is 0 Å². The Morgan fingerprint density at radius 1 is 1.27 bits per heavy atom. The standard InChI is InChI=1S/C11H18.C2H6.CH3.Y/c1-3-7-10(2)11-8-5-4-6-9-11;1-2;;/h5,8-10H,3-4,6-7H2,1-2H3;1-2H3;1H3;/q;;-1;. The molecule has 87 valence electrons. The smallest absolute Gasteiger partial charge is 0 e. The maximum atomic E-state index is 2.39. The van der Waals surface area contributed by atoms with Gasteiger partial charge in [0.15, 0.2) is 0 Å². The van der Waals surface area contributed by atoms with Gasteiger partial charge in [0, 0.05) is 32.7 Å². The fourth-order valence-electron chi connectivity index (χ4n) is 1.60. The van der Waals surface area contributed by atoms with Gasteiger partial charge in [-0.3, -0.25) is 0 Å². The van der Waals surface area contributed by atoms with Crippen molar-refractivity contribution < 1.29 is 32.7 Å². The van der Waals surface area contributed by atoms with E-state index < -0.39 is 0 Å². The van der Waals surface area contributed by atoms with Crippen LogP contribution in [0.25, 0.3) is 0 Å². The fourth-order valence-corrected chi connectivity index (χ4v) is 1.60. The fraction of sp³-hybridized carbons (Fsp3) is 0.643. The summed E-state index contributed by atoms with van der Waals surface area (Å²) >= 11 is 0. The molecule has 0 bridgehead atoms. The summed E-state index contributed by atoms with van der Waals surface area (Å²) in [4.78, 5) is 0. The minimum atomic E-state index is 0. The molecular weight excluding hydrogens is 257 g/mol. The number of hydrogen-bond donors (Lipinski definition) is 0. The molecule has 1 heteroatoms. The minimum Gasteiger partial charge on any atom is -0.358 e. The van der Waals surface area contributed by atoms with Crippen LogP contribution in [0, 0.1) is 13.3 Å². The predicted molar refractivity (Wildman–Crippen MR) is 68.3 cm³/mol. The Balaban J connectivity index is -0.000000339. The average Bonchev–Trinajstić information content (AvgIpc) is 2.23. The molecule has 0 saturated heterocycles. The molecule has 1 rings (SSSR count). The average molecular weight is 284 g/mol. The molecule has 0 amide bonds. The van der Waals surface area contributed by atoms with Gasteiger partial charge in [-0.15, -0.1) is 0 Å². The summed E-state index contributed by atoms with van der Waals surface area (Å²) in [5.74, 6) is 0.775. The van der Waals surface area contributed by atoms with Crippen LogP contribution in [0.5, 0.6) is 0 Å². The van der Waals surface area contributed by atoms with Crippen LogP contribution in [-0.2, 0) is 32.7 Å². The number of rotatable bonds is 3. The SMILES string of the molecule is CC.CCCC(C)C1=CCCC=C1.[CH3-].[Y]. The van der Waals surface area contributed by atoms with Crippen LogP contribution in [-0.4, -0.2) is 0 Å². The van der Waals surface area contributed by atoms with Gasteiger partial charge >= 0.3 is 0 Å². The maximum Gasteiger partial charge on any atom is 0 e. The number of allylic oxidation sites excluding steroid dienone is 4. The zero-order valence-corrected chi connectivity index (χ0v) is 14.1. The molecule has 0 fully saturated rings. The molecule has 1 unspecified atom stereocenters. The van der Waals surface area contributed by atoms with Crippen LogP contribution < -0.4 is 0 Å². The van der Waals surface area contributed by atoms with Gasteiger partial charge in [0.05, 0.1) is 0 Å². The molecule has 1 aliphatic carbocycles. The topological polar surface area (TPSA) is 0 Å². The van der Waals surface area contributed by atoms with E-state index in [1.54, 1.807) is 5.57 Å². The van der Waals surface area contributed by atoms with Crippen LogP contribution in [0.4, 0.5) is 0 Å². The van der Waals surface area contributed by atoms with Gasteiger partial charge in [0.25, 0.3) is 0 Å². The first-order chi connectivity index (χ1) is 6.34. The van der Waals surface area contributed by atoms with Gasteiger partial charge in [-0.05, 0) is 30.8 Å². The Morgan fingerprint density at radius 2 is 1.87 bits per heavy atom. The summed E-state index contributed by atoms with van der Waals surface area (Å²) in [6, 6.07) is 0. The molecule has 0 aromatic rings. The van der Waals surface area contributed by atoms with Crippen LogP contribution >= 0.6 is 0 Å². The van der Waals surface area contributed by atoms with Crippen molar-refractivity contribution in [3.8, 4) is 0 Å². The largest absolute Gasteiger partial charge is 0.358 e. The van der Waals surface area contributed by atoms with E-state index in [-0.39, 0.29) is 40.1 Å². The van der Waals surface area contributed by atoms with Crippen LogP contribution in [0.15, 0.2) is 23.8 Å². The monoisotopic (exact) mass is 284 g/mol. The Hall–Kier alpha value is 0.584. The molecule has 1 aliphatic rings. The molecule has 0 aliphatic heterocycles. The third-order valence-corrected chi connectivity index (χ3v) is 2.31. The Labute approximate surface area is 122 Å². The molecular formula is C14H27Y-. The molecule has 1 atom stereocenters. The van der Waals surface area contributed by atoms with Crippen molar-refractivity contribution in [3.05, 3.63) is 31.2 Å². The summed E-state index contributed by atoms with van der Waals surface area (Å²) < 4.78 is 0. The number of hydrogen-bond acceptors (Lipinski definition) is 0. The zero-order chi connectivity index (χ0) is 10.1. The minimum absolute atomic E-state index is 0. The molecule has 0 N–H and O–H groups in total. The molecule has 1 radical (unpaired) electrons. The predicted octanol–water partition coefficient (Wildman–Crippen LogP) is 5.17. The Kier molecular flexibility index (Phi) is 20.4. The van der Waals surface area contributed by atoms with Crippen molar-refractivity contribution in [3.63, 3.8) is 0 Å². The third-order valence-electron chi connectivity index (χ3n) is 2.31.